The first kappa shape index (κ1) is 7.86. The van der Waals surface area contributed by atoms with Gasteiger partial charge in [-0.15, -0.1) is 0 Å². The minimum absolute atomic E-state index is 0.554. The van der Waals surface area contributed by atoms with Crippen molar-refractivity contribution < 1.29 is 4.39 Å². The smallest absolute Gasteiger partial charge is 0.231 e. The fourth-order valence-electron chi connectivity index (χ4n) is 1.09. The third-order valence-electron chi connectivity index (χ3n) is 1.67. The van der Waals surface area contributed by atoms with Gasteiger partial charge in [-0.2, -0.15) is 4.39 Å². The highest BCUT2D eigenvalue weighted by Crippen LogP contribution is 2.14. The van der Waals surface area contributed by atoms with Crippen LogP contribution in [0.3, 0.4) is 0 Å². The van der Waals surface area contributed by atoms with E-state index >= 15 is 0 Å². The summed E-state index contributed by atoms with van der Waals surface area (Å²) in [6, 6.07) is 9.38. The van der Waals surface area contributed by atoms with E-state index in [1.165, 1.54) is 0 Å². The standard InChI is InChI=1S/C10H7FN2/c11-10-7-12-6-9(13-10)8-4-2-1-3-5-8/h1-7H. The monoisotopic (exact) mass is 174 g/mol. The third kappa shape index (κ3) is 1.69. The van der Waals surface area contributed by atoms with Crippen LogP contribution in [0.15, 0.2) is 42.7 Å². The summed E-state index contributed by atoms with van der Waals surface area (Å²) in [6.07, 6.45) is 2.63. The summed E-state index contributed by atoms with van der Waals surface area (Å²) in [5.74, 6) is -0.554. The molecule has 13 heavy (non-hydrogen) atoms. The van der Waals surface area contributed by atoms with Gasteiger partial charge in [0.15, 0.2) is 0 Å². The molecule has 0 fully saturated rings. The molecule has 1 aromatic carbocycles. The zero-order valence-corrected chi connectivity index (χ0v) is 6.81. The molecule has 0 unspecified atom stereocenters. The van der Waals surface area contributed by atoms with Crippen LogP contribution in [0.4, 0.5) is 4.39 Å². The second-order valence-electron chi connectivity index (χ2n) is 2.59. The topological polar surface area (TPSA) is 25.8 Å². The Kier molecular flexibility index (Phi) is 2.00. The van der Waals surface area contributed by atoms with E-state index in [2.05, 4.69) is 9.97 Å². The molecule has 0 atom stereocenters. The lowest BCUT2D eigenvalue weighted by atomic mass is 10.2. The van der Waals surface area contributed by atoms with E-state index in [-0.39, 0.29) is 0 Å². The van der Waals surface area contributed by atoms with Crippen LogP contribution in [0.5, 0.6) is 0 Å². The summed E-state index contributed by atoms with van der Waals surface area (Å²) < 4.78 is 12.7. The molecule has 0 radical (unpaired) electrons. The SMILES string of the molecule is Fc1cncc(-c2ccccc2)n1. The number of nitrogens with zero attached hydrogens (tertiary/aromatic N) is 2. The number of benzene rings is 1. The maximum Gasteiger partial charge on any atom is 0.231 e. The average Bonchev–Trinajstić information content (AvgIpc) is 2.19. The molecule has 0 aliphatic heterocycles. The Hall–Kier alpha value is -1.77. The normalized spacial score (nSPS) is 9.92. The van der Waals surface area contributed by atoms with Crippen LogP contribution in [-0.2, 0) is 0 Å². The van der Waals surface area contributed by atoms with Crippen LogP contribution < -0.4 is 0 Å². The van der Waals surface area contributed by atoms with Crippen molar-refractivity contribution in [3.8, 4) is 11.3 Å². The molecule has 0 saturated carbocycles. The highest BCUT2D eigenvalue weighted by molar-refractivity contribution is 5.57. The molecule has 0 bridgehead atoms. The van der Waals surface area contributed by atoms with Gasteiger partial charge in [0.1, 0.15) is 0 Å². The largest absolute Gasteiger partial charge is 0.258 e. The Balaban J connectivity index is 2.48. The highest BCUT2D eigenvalue weighted by Gasteiger charge is 1.99. The molecule has 0 aliphatic carbocycles. The van der Waals surface area contributed by atoms with Crippen LogP contribution >= 0.6 is 0 Å². The first-order valence-corrected chi connectivity index (χ1v) is 3.89. The van der Waals surface area contributed by atoms with Crippen LogP contribution in [0.2, 0.25) is 0 Å². The van der Waals surface area contributed by atoms with Crippen LogP contribution in [0.25, 0.3) is 11.3 Å². The second-order valence-corrected chi connectivity index (χ2v) is 2.59. The van der Waals surface area contributed by atoms with Crippen molar-refractivity contribution >= 4 is 0 Å². The van der Waals surface area contributed by atoms with Crippen LogP contribution in [0.1, 0.15) is 0 Å². The Morgan fingerprint density at radius 2 is 1.77 bits per heavy atom. The minimum Gasteiger partial charge on any atom is -0.258 e. The van der Waals surface area contributed by atoms with Crippen molar-refractivity contribution in [1.29, 1.82) is 0 Å². The third-order valence-corrected chi connectivity index (χ3v) is 1.67. The van der Waals surface area contributed by atoms with E-state index in [0.29, 0.717) is 5.69 Å². The first-order chi connectivity index (χ1) is 6.36. The number of rotatable bonds is 1. The Morgan fingerprint density at radius 1 is 1.00 bits per heavy atom. The average molecular weight is 174 g/mol. The summed E-state index contributed by atoms with van der Waals surface area (Å²) in [5.41, 5.74) is 1.43. The second kappa shape index (κ2) is 3.31. The van der Waals surface area contributed by atoms with Crippen molar-refractivity contribution in [3.63, 3.8) is 0 Å². The van der Waals surface area contributed by atoms with E-state index in [1.54, 1.807) is 6.20 Å². The van der Waals surface area contributed by atoms with Crippen molar-refractivity contribution in [1.82, 2.24) is 9.97 Å². The molecule has 0 amide bonds. The van der Waals surface area contributed by atoms with E-state index in [1.807, 2.05) is 30.3 Å². The Labute approximate surface area is 75.1 Å². The lowest BCUT2D eigenvalue weighted by molar-refractivity contribution is 0.578. The van der Waals surface area contributed by atoms with E-state index in [4.69, 9.17) is 0 Å². The van der Waals surface area contributed by atoms with E-state index < -0.39 is 5.95 Å². The summed E-state index contributed by atoms with van der Waals surface area (Å²) >= 11 is 0. The maximum absolute atomic E-state index is 12.7. The lowest BCUT2D eigenvalue weighted by Gasteiger charge is -1.98. The predicted molar refractivity (Wildman–Crippen MR) is 47.4 cm³/mol. The van der Waals surface area contributed by atoms with Crippen LogP contribution in [0, 0.1) is 5.95 Å². The maximum atomic E-state index is 12.7. The van der Waals surface area contributed by atoms with Gasteiger partial charge >= 0.3 is 0 Å². The van der Waals surface area contributed by atoms with Gasteiger partial charge in [-0.25, -0.2) is 4.98 Å². The highest BCUT2D eigenvalue weighted by atomic mass is 19.1. The van der Waals surface area contributed by atoms with Crippen molar-refractivity contribution in [2.75, 3.05) is 0 Å². The molecule has 0 N–H and O–H groups in total. The van der Waals surface area contributed by atoms with Gasteiger partial charge in [0.25, 0.3) is 0 Å². The van der Waals surface area contributed by atoms with Crippen LogP contribution in [-0.4, -0.2) is 9.97 Å². The Bertz CT molecular complexity index is 401. The quantitative estimate of drug-likeness (QED) is 0.662. The fourth-order valence-corrected chi connectivity index (χ4v) is 1.09. The summed E-state index contributed by atoms with van der Waals surface area (Å²) in [5, 5.41) is 0. The van der Waals surface area contributed by atoms with Gasteiger partial charge in [0, 0.05) is 5.56 Å². The van der Waals surface area contributed by atoms with E-state index in [9.17, 15) is 4.39 Å². The minimum atomic E-state index is -0.554. The van der Waals surface area contributed by atoms with Gasteiger partial charge in [-0.1, -0.05) is 30.3 Å². The zero-order chi connectivity index (χ0) is 9.10. The molecule has 2 nitrogen and oxygen atoms in total. The van der Waals surface area contributed by atoms with Gasteiger partial charge < -0.3 is 0 Å². The molecule has 1 aromatic heterocycles. The van der Waals surface area contributed by atoms with E-state index in [0.717, 1.165) is 11.8 Å². The Morgan fingerprint density at radius 3 is 2.46 bits per heavy atom. The first-order valence-electron chi connectivity index (χ1n) is 3.89. The van der Waals surface area contributed by atoms with Gasteiger partial charge in [0.05, 0.1) is 18.1 Å². The molecule has 3 heteroatoms. The summed E-state index contributed by atoms with van der Waals surface area (Å²) in [7, 11) is 0. The predicted octanol–water partition coefficient (Wildman–Crippen LogP) is 2.28. The lowest BCUT2D eigenvalue weighted by Crippen LogP contribution is -1.88. The van der Waals surface area contributed by atoms with Gasteiger partial charge in [-0.05, 0) is 0 Å². The summed E-state index contributed by atoms with van der Waals surface area (Å²) in [4.78, 5) is 7.44. The molecule has 0 saturated heterocycles. The number of halogens is 1. The van der Waals surface area contributed by atoms with Gasteiger partial charge in [0.2, 0.25) is 5.95 Å². The molecular formula is C10H7FN2. The molecule has 0 aliphatic rings. The van der Waals surface area contributed by atoms with Gasteiger partial charge in [-0.3, -0.25) is 4.98 Å². The number of hydrogen-bond donors (Lipinski definition) is 0. The van der Waals surface area contributed by atoms with Crippen molar-refractivity contribution in [2.45, 2.75) is 0 Å². The molecular weight excluding hydrogens is 167 g/mol. The summed E-state index contributed by atoms with van der Waals surface area (Å²) in [6.45, 7) is 0. The molecule has 0 spiro atoms. The molecule has 2 aromatic rings. The number of hydrogen-bond acceptors (Lipinski definition) is 2. The fraction of sp³-hybridized carbons (Fsp3) is 0. The zero-order valence-electron chi connectivity index (χ0n) is 6.81. The van der Waals surface area contributed by atoms with Crippen molar-refractivity contribution in [2.24, 2.45) is 0 Å². The molecule has 2 rings (SSSR count). The molecule has 1 heterocycles. The number of aromatic nitrogens is 2. The van der Waals surface area contributed by atoms with Crippen molar-refractivity contribution in [3.05, 3.63) is 48.7 Å². The molecule has 64 valence electrons.